The summed E-state index contributed by atoms with van der Waals surface area (Å²) in [5, 5.41) is 4.26. The molecule has 6 heteroatoms. The highest BCUT2D eigenvalue weighted by atomic mass is 16.6. The van der Waals surface area contributed by atoms with Gasteiger partial charge in [-0.25, -0.2) is 9.48 Å². The monoisotopic (exact) mass is 340 g/mol. The first-order chi connectivity index (χ1) is 12.1. The van der Waals surface area contributed by atoms with Gasteiger partial charge in [0.05, 0.1) is 12.2 Å². The lowest BCUT2D eigenvalue weighted by Gasteiger charge is -2.25. The smallest absolute Gasteiger partial charge is 0.410 e. The van der Waals surface area contributed by atoms with Crippen molar-refractivity contribution in [3.8, 4) is 5.69 Å². The molecule has 1 aromatic heterocycles. The lowest BCUT2D eigenvalue weighted by molar-refractivity contribution is 0.0443. The van der Waals surface area contributed by atoms with E-state index in [2.05, 4.69) is 34.3 Å². The van der Waals surface area contributed by atoms with Crippen molar-refractivity contribution in [2.45, 2.75) is 31.4 Å². The van der Waals surface area contributed by atoms with Crippen molar-refractivity contribution in [2.75, 3.05) is 26.7 Å². The molecule has 3 heterocycles. The normalized spacial score (nSPS) is 24.5. The molecule has 0 bridgehead atoms. The average Bonchev–Trinajstić information content (AvgIpc) is 3.18. The van der Waals surface area contributed by atoms with Crippen LogP contribution in [0, 0.1) is 0 Å². The molecule has 2 aromatic rings. The first kappa shape index (κ1) is 16.1. The maximum Gasteiger partial charge on any atom is 0.410 e. The van der Waals surface area contributed by atoms with Crippen molar-refractivity contribution in [1.82, 2.24) is 19.6 Å². The molecule has 2 aliphatic rings. The molecule has 1 aromatic carbocycles. The van der Waals surface area contributed by atoms with Gasteiger partial charge in [0.15, 0.2) is 0 Å². The zero-order valence-corrected chi connectivity index (χ0v) is 14.6. The van der Waals surface area contributed by atoms with E-state index in [-0.39, 0.29) is 11.7 Å². The van der Waals surface area contributed by atoms with E-state index in [1.165, 1.54) is 5.56 Å². The molecule has 4 rings (SSSR count). The van der Waals surface area contributed by atoms with Gasteiger partial charge in [-0.1, -0.05) is 12.1 Å². The Morgan fingerprint density at radius 3 is 2.72 bits per heavy atom. The minimum Gasteiger partial charge on any atom is -0.441 e. The Bertz CT molecular complexity index is 728. The number of hydrogen-bond acceptors (Lipinski definition) is 4. The predicted molar refractivity (Wildman–Crippen MR) is 94.5 cm³/mol. The number of hydrogen-bond donors (Lipinski definition) is 0. The van der Waals surface area contributed by atoms with Gasteiger partial charge in [0.1, 0.15) is 5.60 Å². The van der Waals surface area contributed by atoms with Crippen LogP contribution in [0.4, 0.5) is 4.79 Å². The molecule has 0 unspecified atom stereocenters. The average molecular weight is 340 g/mol. The third-order valence-corrected chi connectivity index (χ3v) is 5.24. The van der Waals surface area contributed by atoms with Gasteiger partial charge in [-0.05, 0) is 43.1 Å². The summed E-state index contributed by atoms with van der Waals surface area (Å²) in [5.41, 5.74) is 2.10. The second kappa shape index (κ2) is 6.52. The zero-order chi connectivity index (χ0) is 17.3. The SMILES string of the molecule is CN1C[C@@]2(CCCN(Cc3ccc(-n4cccn4)cc3)CC2)OC1=O. The highest BCUT2D eigenvalue weighted by molar-refractivity contribution is 5.70. The van der Waals surface area contributed by atoms with E-state index in [4.69, 9.17) is 4.74 Å². The molecule has 1 amide bonds. The topological polar surface area (TPSA) is 50.6 Å². The quantitative estimate of drug-likeness (QED) is 0.862. The Balaban J connectivity index is 1.38. The van der Waals surface area contributed by atoms with E-state index in [0.29, 0.717) is 0 Å². The number of ether oxygens (including phenoxy) is 1. The van der Waals surface area contributed by atoms with Crippen LogP contribution in [0.2, 0.25) is 0 Å². The fraction of sp³-hybridized carbons (Fsp3) is 0.474. The third kappa shape index (κ3) is 3.39. The standard InChI is InChI=1S/C19H24N4O2/c1-21-15-19(25-18(21)24)8-2-11-22(13-9-19)14-16-4-6-17(7-5-16)23-12-3-10-20-23/h3-7,10,12H,2,8-9,11,13-15H2,1H3/t19-/m0/s1. The van der Waals surface area contributed by atoms with Crippen LogP contribution in [0.1, 0.15) is 24.8 Å². The molecule has 1 atom stereocenters. The summed E-state index contributed by atoms with van der Waals surface area (Å²) in [6, 6.07) is 10.5. The van der Waals surface area contributed by atoms with Crippen LogP contribution in [0.5, 0.6) is 0 Å². The third-order valence-electron chi connectivity index (χ3n) is 5.24. The summed E-state index contributed by atoms with van der Waals surface area (Å²) in [6.07, 6.45) is 6.48. The van der Waals surface area contributed by atoms with E-state index in [9.17, 15) is 4.79 Å². The Morgan fingerprint density at radius 1 is 1.20 bits per heavy atom. The number of rotatable bonds is 3. The van der Waals surface area contributed by atoms with Gasteiger partial charge < -0.3 is 9.64 Å². The zero-order valence-electron chi connectivity index (χ0n) is 14.6. The Hall–Kier alpha value is -2.34. The number of amides is 1. The maximum atomic E-state index is 11.7. The molecular weight excluding hydrogens is 316 g/mol. The lowest BCUT2D eigenvalue weighted by Crippen LogP contribution is -2.35. The van der Waals surface area contributed by atoms with Gasteiger partial charge in [-0.15, -0.1) is 0 Å². The summed E-state index contributed by atoms with van der Waals surface area (Å²) in [5.74, 6) is 0. The highest BCUT2D eigenvalue weighted by Gasteiger charge is 2.44. The molecule has 1 spiro atoms. The Labute approximate surface area is 148 Å². The first-order valence-electron chi connectivity index (χ1n) is 8.89. The number of nitrogens with zero attached hydrogens (tertiary/aromatic N) is 4. The summed E-state index contributed by atoms with van der Waals surface area (Å²) in [6.45, 7) is 3.66. The number of likely N-dealkylation sites (tertiary alicyclic amines) is 1. The number of carbonyl (C=O) groups excluding carboxylic acids is 1. The number of carbonyl (C=O) groups is 1. The van der Waals surface area contributed by atoms with Crippen molar-refractivity contribution < 1.29 is 9.53 Å². The molecule has 0 saturated carbocycles. The van der Waals surface area contributed by atoms with E-state index < -0.39 is 0 Å². The number of likely N-dealkylation sites (N-methyl/N-ethyl adjacent to an activating group) is 1. The minimum atomic E-state index is -0.273. The van der Waals surface area contributed by atoms with Crippen molar-refractivity contribution in [3.63, 3.8) is 0 Å². The molecule has 2 saturated heterocycles. The molecule has 2 aliphatic heterocycles. The van der Waals surface area contributed by atoms with Crippen LogP contribution >= 0.6 is 0 Å². The molecule has 0 aliphatic carbocycles. The van der Waals surface area contributed by atoms with E-state index >= 15 is 0 Å². The molecule has 25 heavy (non-hydrogen) atoms. The second-order valence-corrected chi connectivity index (χ2v) is 7.15. The Morgan fingerprint density at radius 2 is 2.04 bits per heavy atom. The van der Waals surface area contributed by atoms with Gasteiger partial charge in [0.2, 0.25) is 0 Å². The largest absolute Gasteiger partial charge is 0.441 e. The fourth-order valence-corrected chi connectivity index (χ4v) is 3.87. The minimum absolute atomic E-state index is 0.178. The molecule has 6 nitrogen and oxygen atoms in total. The van der Waals surface area contributed by atoms with Crippen molar-refractivity contribution in [3.05, 3.63) is 48.3 Å². The van der Waals surface area contributed by atoms with Gasteiger partial charge >= 0.3 is 6.09 Å². The van der Waals surface area contributed by atoms with Crippen LogP contribution in [-0.2, 0) is 11.3 Å². The number of aromatic nitrogens is 2. The molecule has 0 radical (unpaired) electrons. The summed E-state index contributed by atoms with van der Waals surface area (Å²) in [7, 11) is 1.82. The summed E-state index contributed by atoms with van der Waals surface area (Å²) in [4.78, 5) is 15.9. The lowest BCUT2D eigenvalue weighted by atomic mass is 9.95. The van der Waals surface area contributed by atoms with Crippen LogP contribution in [0.25, 0.3) is 5.69 Å². The maximum absolute atomic E-state index is 11.7. The van der Waals surface area contributed by atoms with E-state index in [1.54, 1.807) is 11.1 Å². The highest BCUT2D eigenvalue weighted by Crippen LogP contribution is 2.32. The predicted octanol–water partition coefficient (Wildman–Crippen LogP) is 2.68. The summed E-state index contributed by atoms with van der Waals surface area (Å²) >= 11 is 0. The second-order valence-electron chi connectivity index (χ2n) is 7.15. The molecule has 2 fully saturated rings. The van der Waals surface area contributed by atoms with Crippen molar-refractivity contribution in [2.24, 2.45) is 0 Å². The van der Waals surface area contributed by atoms with Crippen LogP contribution in [0.15, 0.2) is 42.7 Å². The van der Waals surface area contributed by atoms with E-state index in [0.717, 1.165) is 51.1 Å². The Kier molecular flexibility index (Phi) is 4.21. The van der Waals surface area contributed by atoms with Crippen LogP contribution < -0.4 is 0 Å². The van der Waals surface area contributed by atoms with Gasteiger partial charge in [0, 0.05) is 39.0 Å². The molecule has 0 N–H and O–H groups in total. The fourth-order valence-electron chi connectivity index (χ4n) is 3.87. The first-order valence-corrected chi connectivity index (χ1v) is 8.89. The molecular formula is C19H24N4O2. The van der Waals surface area contributed by atoms with Crippen molar-refractivity contribution in [1.29, 1.82) is 0 Å². The van der Waals surface area contributed by atoms with Gasteiger partial charge in [-0.2, -0.15) is 5.10 Å². The van der Waals surface area contributed by atoms with Gasteiger partial charge in [-0.3, -0.25) is 4.90 Å². The van der Waals surface area contributed by atoms with Gasteiger partial charge in [0.25, 0.3) is 0 Å². The number of benzene rings is 1. The van der Waals surface area contributed by atoms with Crippen LogP contribution in [0.3, 0.4) is 0 Å². The van der Waals surface area contributed by atoms with Crippen LogP contribution in [-0.4, -0.2) is 58.0 Å². The molecule has 132 valence electrons. The summed E-state index contributed by atoms with van der Waals surface area (Å²) < 4.78 is 7.55. The van der Waals surface area contributed by atoms with E-state index in [1.807, 2.05) is 24.0 Å². The van der Waals surface area contributed by atoms with Crippen molar-refractivity contribution >= 4 is 6.09 Å².